The van der Waals surface area contributed by atoms with E-state index in [0.29, 0.717) is 32.1 Å². The minimum absolute atomic E-state index is 0.0334. The van der Waals surface area contributed by atoms with E-state index in [9.17, 15) is 43.2 Å². The van der Waals surface area contributed by atoms with Crippen molar-refractivity contribution in [2.45, 2.75) is 354 Å². The Morgan fingerprint density at radius 2 is 0.540 bits per heavy atom. The fourth-order valence-corrected chi connectivity index (χ4v) is 12.2. The predicted molar refractivity (Wildman–Crippen MR) is 409 cm³/mol. The van der Waals surface area contributed by atoms with E-state index in [-0.39, 0.29) is 25.7 Å². The van der Waals surface area contributed by atoms with Crippen molar-refractivity contribution in [3.05, 3.63) is 97.2 Å². The van der Waals surface area contributed by atoms with Crippen LogP contribution >= 0.6 is 15.6 Å². The van der Waals surface area contributed by atoms with Gasteiger partial charge in [0.05, 0.1) is 26.4 Å². The zero-order valence-electron chi connectivity index (χ0n) is 63.1. The van der Waals surface area contributed by atoms with Crippen molar-refractivity contribution in [2.75, 3.05) is 39.6 Å². The summed E-state index contributed by atoms with van der Waals surface area (Å²) in [5, 5.41) is 10.6. The average Bonchev–Trinajstić information content (AvgIpc) is 0.946. The van der Waals surface area contributed by atoms with Crippen molar-refractivity contribution in [3.63, 3.8) is 0 Å². The van der Waals surface area contributed by atoms with Gasteiger partial charge in [0.2, 0.25) is 0 Å². The Morgan fingerprint density at radius 3 is 0.880 bits per heavy atom. The quantitative estimate of drug-likeness (QED) is 0.0169. The lowest BCUT2D eigenvalue weighted by molar-refractivity contribution is -0.161. The van der Waals surface area contributed by atoms with Crippen LogP contribution in [0, 0.1) is 0 Å². The maximum atomic E-state index is 13.1. The van der Waals surface area contributed by atoms with Crippen LogP contribution in [-0.2, 0) is 65.4 Å². The Hall–Kier alpha value is -4.02. The summed E-state index contributed by atoms with van der Waals surface area (Å²) in [7, 11) is -9.97. The summed E-state index contributed by atoms with van der Waals surface area (Å²) in [5.41, 5.74) is 0. The molecule has 5 atom stereocenters. The van der Waals surface area contributed by atoms with E-state index in [1.54, 1.807) is 0 Å². The summed E-state index contributed by atoms with van der Waals surface area (Å²) < 4.78 is 68.5. The number of phosphoric ester groups is 2. The smallest absolute Gasteiger partial charge is 0.462 e. The molecule has 0 aromatic carbocycles. The largest absolute Gasteiger partial charge is 0.472 e. The van der Waals surface area contributed by atoms with Crippen LogP contribution in [0.3, 0.4) is 0 Å². The molecule has 19 heteroatoms. The van der Waals surface area contributed by atoms with Crippen molar-refractivity contribution in [1.29, 1.82) is 0 Å². The maximum absolute atomic E-state index is 13.1. The van der Waals surface area contributed by atoms with E-state index < -0.39 is 97.5 Å². The number of rotatable bonds is 74. The number of aliphatic hydroxyl groups is 1. The second kappa shape index (κ2) is 73.3. The fourth-order valence-electron chi connectivity index (χ4n) is 10.6. The third-order valence-corrected chi connectivity index (χ3v) is 18.5. The van der Waals surface area contributed by atoms with Gasteiger partial charge in [-0.1, -0.05) is 311 Å². The summed E-state index contributed by atoms with van der Waals surface area (Å²) >= 11 is 0. The highest BCUT2D eigenvalue weighted by Gasteiger charge is 2.30. The number of carbonyl (C=O) groups is 4. The number of ether oxygens (including phenoxy) is 4. The molecule has 0 aliphatic carbocycles. The molecular weight excluding hydrogens is 1310 g/mol. The Balaban J connectivity index is 5.40. The molecule has 0 aliphatic rings. The van der Waals surface area contributed by atoms with Gasteiger partial charge in [0, 0.05) is 25.7 Å². The van der Waals surface area contributed by atoms with E-state index in [4.69, 9.17) is 37.0 Å². The highest BCUT2D eigenvalue weighted by Crippen LogP contribution is 2.45. The molecule has 0 bridgehead atoms. The van der Waals surface area contributed by atoms with E-state index in [0.717, 1.165) is 122 Å². The SMILES string of the molecule is CC/C=C\C/C=C\C/C=C\C/C=C\C/C=C\C/C=C\CCC(=O)OCC(COP(=O)(O)OCC(O)COP(=O)(O)OCC(COC(=O)CCCCCCCCCCCCCCC)OC(=O)CCCCCCCCCCCCCCC)OC(=O)CCCCCCC/C=C\C/C=C\CCCCC. The second-order valence-corrected chi connectivity index (χ2v) is 29.2. The van der Waals surface area contributed by atoms with Gasteiger partial charge in [-0.3, -0.25) is 37.3 Å². The van der Waals surface area contributed by atoms with E-state index in [1.165, 1.54) is 128 Å². The molecule has 5 unspecified atom stereocenters. The second-order valence-electron chi connectivity index (χ2n) is 26.3. The fraction of sp³-hybridized carbons (Fsp3) is 0.753. The van der Waals surface area contributed by atoms with Gasteiger partial charge in [-0.25, -0.2) is 9.13 Å². The molecule has 0 aliphatic heterocycles. The lowest BCUT2D eigenvalue weighted by atomic mass is 10.0. The van der Waals surface area contributed by atoms with Gasteiger partial charge in [0.15, 0.2) is 12.2 Å². The van der Waals surface area contributed by atoms with Gasteiger partial charge >= 0.3 is 39.5 Å². The van der Waals surface area contributed by atoms with Crippen LogP contribution in [0.25, 0.3) is 0 Å². The average molecular weight is 1450 g/mol. The molecule has 17 nitrogen and oxygen atoms in total. The first-order chi connectivity index (χ1) is 48.7. The maximum Gasteiger partial charge on any atom is 0.472 e. The first kappa shape index (κ1) is 96.0. The van der Waals surface area contributed by atoms with Gasteiger partial charge in [-0.15, -0.1) is 0 Å². The Morgan fingerprint density at radius 1 is 0.290 bits per heavy atom. The van der Waals surface area contributed by atoms with Crippen LogP contribution in [0.15, 0.2) is 97.2 Å². The third-order valence-electron chi connectivity index (χ3n) is 16.6. The molecule has 0 radical (unpaired) electrons. The molecule has 0 heterocycles. The summed E-state index contributed by atoms with van der Waals surface area (Å²) in [5.74, 6) is -2.27. The van der Waals surface area contributed by atoms with Crippen molar-refractivity contribution in [2.24, 2.45) is 0 Å². The van der Waals surface area contributed by atoms with Crippen molar-refractivity contribution in [1.82, 2.24) is 0 Å². The molecule has 0 saturated heterocycles. The number of hydrogen-bond acceptors (Lipinski definition) is 15. The monoisotopic (exact) mass is 1450 g/mol. The van der Waals surface area contributed by atoms with Gasteiger partial charge in [0.25, 0.3) is 0 Å². The first-order valence-electron chi connectivity index (χ1n) is 39.5. The standard InChI is InChI=1S/C81H142O17P2/c1-5-9-13-17-21-25-29-33-35-36-37-38-40-43-46-50-54-58-62-66-79(84)92-72-77(98-81(86)68-64-60-56-52-48-44-39-34-30-26-22-18-14-10-6-2)74-96-100(89,90)94-70-75(82)69-93-99(87,88)95-73-76(97-80(85)67-63-59-55-51-47-42-32-28-24-20-16-12-8-4)71-91-78(83)65-61-57-53-49-45-41-31-27-23-19-15-11-7-3/h9,13,21-22,25-26,33-35,37-39,43,46,54,58,75-77,82H,5-8,10-12,14-20,23-24,27-32,36,40-42,44-45,47-53,55-57,59-74H2,1-4H3,(H,87,88)(H,89,90)/b13-9-,25-21-,26-22-,35-33-,38-37-,39-34-,46-43-,58-54-. The molecule has 0 aromatic rings. The highest BCUT2D eigenvalue weighted by molar-refractivity contribution is 7.47. The first-order valence-corrected chi connectivity index (χ1v) is 42.5. The van der Waals surface area contributed by atoms with Crippen LogP contribution in [0.5, 0.6) is 0 Å². The molecule has 0 rings (SSSR count). The summed E-state index contributed by atoms with van der Waals surface area (Å²) in [4.78, 5) is 72.9. The molecule has 0 spiro atoms. The third kappa shape index (κ3) is 72.3. The van der Waals surface area contributed by atoms with Crippen molar-refractivity contribution in [3.8, 4) is 0 Å². The molecule has 100 heavy (non-hydrogen) atoms. The number of hydrogen-bond donors (Lipinski definition) is 3. The summed E-state index contributed by atoms with van der Waals surface area (Å²) in [6.45, 7) is 4.67. The Kier molecular flexibility index (Phi) is 70.4. The van der Waals surface area contributed by atoms with E-state index in [2.05, 4.69) is 107 Å². The van der Waals surface area contributed by atoms with Crippen LogP contribution in [0.4, 0.5) is 0 Å². The highest BCUT2D eigenvalue weighted by atomic mass is 31.2. The van der Waals surface area contributed by atoms with Crippen molar-refractivity contribution >= 4 is 39.5 Å². The molecule has 0 amide bonds. The topological polar surface area (TPSA) is 237 Å². The minimum Gasteiger partial charge on any atom is -0.462 e. The molecule has 0 aromatic heterocycles. The van der Waals surface area contributed by atoms with Gasteiger partial charge in [-0.2, -0.15) is 0 Å². The van der Waals surface area contributed by atoms with Crippen LogP contribution < -0.4 is 0 Å². The Bertz CT molecular complexity index is 2270. The van der Waals surface area contributed by atoms with Gasteiger partial charge in [0.1, 0.15) is 19.3 Å². The molecular formula is C81H142O17P2. The van der Waals surface area contributed by atoms with Crippen LogP contribution in [0.2, 0.25) is 0 Å². The van der Waals surface area contributed by atoms with E-state index >= 15 is 0 Å². The molecule has 0 fully saturated rings. The molecule has 0 saturated carbocycles. The lowest BCUT2D eigenvalue weighted by Gasteiger charge is -2.21. The summed E-state index contributed by atoms with van der Waals surface area (Å²) in [6, 6.07) is 0. The number of aliphatic hydroxyl groups excluding tert-OH is 1. The Labute approximate surface area is 607 Å². The van der Waals surface area contributed by atoms with Crippen LogP contribution in [0.1, 0.15) is 336 Å². The zero-order valence-corrected chi connectivity index (χ0v) is 64.9. The molecule has 578 valence electrons. The normalized spacial score (nSPS) is 14.4. The lowest BCUT2D eigenvalue weighted by Crippen LogP contribution is -2.30. The number of carbonyl (C=O) groups excluding carboxylic acids is 4. The van der Waals surface area contributed by atoms with E-state index in [1.807, 2.05) is 18.2 Å². The van der Waals surface area contributed by atoms with Gasteiger partial charge in [-0.05, 0) is 96.3 Å². The van der Waals surface area contributed by atoms with Crippen LogP contribution in [-0.4, -0.2) is 96.7 Å². The minimum atomic E-state index is -4.99. The number of phosphoric acid groups is 2. The number of unbranched alkanes of at least 4 members (excludes halogenated alkanes) is 32. The summed E-state index contributed by atoms with van der Waals surface area (Å²) in [6.07, 6.45) is 76.9. The zero-order chi connectivity index (χ0) is 73.2. The van der Waals surface area contributed by atoms with Crippen molar-refractivity contribution < 1.29 is 80.2 Å². The molecule has 3 N–H and O–H groups in total. The predicted octanol–water partition coefficient (Wildman–Crippen LogP) is 22.8. The number of esters is 4. The number of allylic oxidation sites excluding steroid dienone is 16. The van der Waals surface area contributed by atoms with Gasteiger partial charge < -0.3 is 33.8 Å².